The maximum Gasteiger partial charge on any atom is 0.323 e. The number of hydrogen-bond donors (Lipinski definition) is 2. The van der Waals surface area contributed by atoms with Gasteiger partial charge in [0.1, 0.15) is 12.2 Å². The molecule has 1 aromatic rings. The lowest BCUT2D eigenvalue weighted by Gasteiger charge is -2.34. The van der Waals surface area contributed by atoms with Gasteiger partial charge in [0.25, 0.3) is 5.91 Å². The number of rotatable bonds is 5. The van der Waals surface area contributed by atoms with Gasteiger partial charge in [-0.15, -0.1) is 0 Å². The summed E-state index contributed by atoms with van der Waals surface area (Å²) in [6.07, 6.45) is 1.60. The zero-order valence-corrected chi connectivity index (χ0v) is 11.2. The normalized spacial score (nSPS) is 16.4. The van der Waals surface area contributed by atoms with E-state index in [-0.39, 0.29) is 19.1 Å². The van der Waals surface area contributed by atoms with Crippen molar-refractivity contribution in [1.82, 2.24) is 14.4 Å². The van der Waals surface area contributed by atoms with Crippen molar-refractivity contribution >= 4 is 11.9 Å². The summed E-state index contributed by atoms with van der Waals surface area (Å²) < 4.78 is 1.45. The molecule has 7 heteroatoms. The minimum Gasteiger partial charge on any atom is -0.480 e. The van der Waals surface area contributed by atoms with Crippen molar-refractivity contribution in [2.24, 2.45) is 0 Å². The number of hydrogen-bond acceptors (Lipinski definition) is 4. The van der Waals surface area contributed by atoms with E-state index in [1.165, 1.54) is 4.57 Å². The van der Waals surface area contributed by atoms with Gasteiger partial charge in [-0.05, 0) is 12.1 Å². The summed E-state index contributed by atoms with van der Waals surface area (Å²) in [5.74, 6) is -1.11. The van der Waals surface area contributed by atoms with Gasteiger partial charge in [0, 0.05) is 38.9 Å². The molecular formula is C13H19N3O4. The highest BCUT2D eigenvalue weighted by molar-refractivity contribution is 5.93. The minimum absolute atomic E-state index is 0.120. The number of β-amino-alcohol motifs (C(OH)–C–C–N with tert-alkyl or cyclic N) is 1. The van der Waals surface area contributed by atoms with Gasteiger partial charge in [-0.1, -0.05) is 0 Å². The summed E-state index contributed by atoms with van der Waals surface area (Å²) in [4.78, 5) is 26.9. The summed E-state index contributed by atoms with van der Waals surface area (Å²) in [7, 11) is 0. The molecule has 0 spiro atoms. The molecule has 110 valence electrons. The molecule has 1 aliphatic heterocycles. The van der Waals surface area contributed by atoms with Crippen LogP contribution in [0.15, 0.2) is 18.3 Å². The van der Waals surface area contributed by atoms with Crippen LogP contribution in [-0.2, 0) is 11.3 Å². The predicted molar refractivity (Wildman–Crippen MR) is 71.5 cm³/mol. The van der Waals surface area contributed by atoms with Gasteiger partial charge in [-0.2, -0.15) is 0 Å². The topological polar surface area (TPSA) is 86.0 Å². The van der Waals surface area contributed by atoms with E-state index in [2.05, 4.69) is 4.90 Å². The summed E-state index contributed by atoms with van der Waals surface area (Å²) in [5.41, 5.74) is 0.406. The lowest BCUT2D eigenvalue weighted by atomic mass is 10.2. The maximum absolute atomic E-state index is 12.4. The van der Waals surface area contributed by atoms with E-state index in [1.807, 2.05) is 0 Å². The minimum atomic E-state index is -0.969. The summed E-state index contributed by atoms with van der Waals surface area (Å²) in [6, 6.07) is 3.32. The van der Waals surface area contributed by atoms with Crippen molar-refractivity contribution in [3.05, 3.63) is 24.0 Å². The Bertz CT molecular complexity index is 478. The average Bonchev–Trinajstić information content (AvgIpc) is 2.86. The smallest absolute Gasteiger partial charge is 0.323 e. The Morgan fingerprint density at radius 2 is 1.90 bits per heavy atom. The Labute approximate surface area is 117 Å². The molecule has 1 fully saturated rings. The van der Waals surface area contributed by atoms with Crippen LogP contribution in [0.4, 0.5) is 0 Å². The van der Waals surface area contributed by atoms with E-state index in [1.54, 1.807) is 23.2 Å². The number of aliphatic hydroxyl groups is 1. The molecule has 20 heavy (non-hydrogen) atoms. The predicted octanol–water partition coefficient (Wildman–Crippen LogP) is -0.677. The van der Waals surface area contributed by atoms with Crippen molar-refractivity contribution in [3.63, 3.8) is 0 Å². The number of carbonyl (C=O) groups is 2. The number of amides is 1. The fourth-order valence-electron chi connectivity index (χ4n) is 2.37. The van der Waals surface area contributed by atoms with Gasteiger partial charge in [0.15, 0.2) is 0 Å². The van der Waals surface area contributed by atoms with Crippen LogP contribution >= 0.6 is 0 Å². The highest BCUT2D eigenvalue weighted by Crippen LogP contribution is 2.10. The van der Waals surface area contributed by atoms with Crippen LogP contribution in [0.1, 0.15) is 10.5 Å². The molecule has 0 saturated carbocycles. The van der Waals surface area contributed by atoms with Crippen LogP contribution < -0.4 is 0 Å². The number of piperazine rings is 1. The van der Waals surface area contributed by atoms with Crippen LogP contribution in [0.3, 0.4) is 0 Å². The lowest BCUT2D eigenvalue weighted by molar-refractivity contribution is -0.137. The number of aliphatic carboxylic acids is 1. The van der Waals surface area contributed by atoms with E-state index in [0.717, 1.165) is 13.1 Å². The Morgan fingerprint density at radius 1 is 1.20 bits per heavy atom. The van der Waals surface area contributed by atoms with Gasteiger partial charge in [-0.3, -0.25) is 14.5 Å². The van der Waals surface area contributed by atoms with Crippen molar-refractivity contribution in [2.45, 2.75) is 6.54 Å². The molecule has 1 aromatic heterocycles. The van der Waals surface area contributed by atoms with Crippen LogP contribution in [0.5, 0.6) is 0 Å². The van der Waals surface area contributed by atoms with Crippen molar-refractivity contribution < 1.29 is 19.8 Å². The summed E-state index contributed by atoms with van der Waals surface area (Å²) in [5, 5.41) is 17.7. The molecule has 7 nitrogen and oxygen atoms in total. The van der Waals surface area contributed by atoms with Gasteiger partial charge >= 0.3 is 5.97 Å². The van der Waals surface area contributed by atoms with Crippen molar-refractivity contribution in [2.75, 3.05) is 39.3 Å². The van der Waals surface area contributed by atoms with E-state index in [4.69, 9.17) is 10.2 Å². The number of carboxylic acid groups (broad SMARTS) is 1. The Morgan fingerprint density at radius 3 is 2.50 bits per heavy atom. The summed E-state index contributed by atoms with van der Waals surface area (Å²) >= 11 is 0. The van der Waals surface area contributed by atoms with Gasteiger partial charge < -0.3 is 19.7 Å². The third kappa shape index (κ3) is 3.37. The van der Waals surface area contributed by atoms with Crippen molar-refractivity contribution in [1.29, 1.82) is 0 Å². The fraction of sp³-hybridized carbons (Fsp3) is 0.538. The molecule has 0 unspecified atom stereocenters. The molecule has 0 aliphatic carbocycles. The molecule has 2 heterocycles. The second-order valence-corrected chi connectivity index (χ2v) is 4.77. The Balaban J connectivity index is 1.98. The van der Waals surface area contributed by atoms with Crippen LogP contribution in [0.2, 0.25) is 0 Å². The molecule has 0 radical (unpaired) electrons. The molecule has 0 bridgehead atoms. The van der Waals surface area contributed by atoms with Gasteiger partial charge in [0.2, 0.25) is 0 Å². The van der Waals surface area contributed by atoms with Crippen molar-refractivity contribution in [3.8, 4) is 0 Å². The first-order chi connectivity index (χ1) is 9.61. The Kier molecular flexibility index (Phi) is 4.75. The number of nitrogens with zero attached hydrogens (tertiary/aromatic N) is 3. The number of carbonyl (C=O) groups excluding carboxylic acids is 1. The monoisotopic (exact) mass is 281 g/mol. The third-order valence-electron chi connectivity index (χ3n) is 3.43. The SMILES string of the molecule is O=C(O)Cn1cccc1C(=O)N1CCN(CCO)CC1. The van der Waals surface area contributed by atoms with E-state index in [9.17, 15) is 9.59 Å². The lowest BCUT2D eigenvalue weighted by Crippen LogP contribution is -2.49. The second-order valence-electron chi connectivity index (χ2n) is 4.77. The van der Waals surface area contributed by atoms with Crippen LogP contribution in [0, 0.1) is 0 Å². The number of aromatic nitrogens is 1. The number of carboxylic acids is 1. The molecule has 0 aromatic carbocycles. The first kappa shape index (κ1) is 14.5. The fourth-order valence-corrected chi connectivity index (χ4v) is 2.37. The van der Waals surface area contributed by atoms with E-state index >= 15 is 0 Å². The Hall–Kier alpha value is -1.86. The standard InChI is InChI=1S/C13H19N3O4/c17-9-8-14-4-6-15(7-5-14)13(20)11-2-1-3-16(11)10-12(18)19/h1-3,17H,4-10H2,(H,18,19). The first-order valence-corrected chi connectivity index (χ1v) is 6.61. The zero-order chi connectivity index (χ0) is 14.5. The largest absolute Gasteiger partial charge is 0.480 e. The van der Waals surface area contributed by atoms with Gasteiger partial charge in [-0.25, -0.2) is 0 Å². The maximum atomic E-state index is 12.4. The highest BCUT2D eigenvalue weighted by atomic mass is 16.4. The highest BCUT2D eigenvalue weighted by Gasteiger charge is 2.23. The molecule has 1 saturated heterocycles. The zero-order valence-electron chi connectivity index (χ0n) is 11.2. The average molecular weight is 281 g/mol. The molecule has 0 atom stereocenters. The van der Waals surface area contributed by atoms with Gasteiger partial charge in [0.05, 0.1) is 6.61 Å². The first-order valence-electron chi connectivity index (χ1n) is 6.61. The molecule has 1 amide bonds. The van der Waals surface area contributed by atoms with Crippen LogP contribution in [0.25, 0.3) is 0 Å². The van der Waals surface area contributed by atoms with E-state index < -0.39 is 5.97 Å². The molecule has 2 N–H and O–H groups in total. The van der Waals surface area contributed by atoms with Crippen LogP contribution in [-0.4, -0.2) is 75.8 Å². The molecule has 1 aliphatic rings. The van der Waals surface area contributed by atoms with E-state index in [0.29, 0.717) is 25.3 Å². The second kappa shape index (κ2) is 6.53. The molecule has 2 rings (SSSR count). The summed E-state index contributed by atoms with van der Waals surface area (Å²) in [6.45, 7) is 3.18. The third-order valence-corrected chi connectivity index (χ3v) is 3.43. The quantitative estimate of drug-likeness (QED) is 0.747. The molecular weight excluding hydrogens is 262 g/mol. The number of aliphatic hydroxyl groups excluding tert-OH is 1.